The topological polar surface area (TPSA) is 95.6 Å². The van der Waals surface area contributed by atoms with Crippen LogP contribution >= 0.6 is 0 Å². The van der Waals surface area contributed by atoms with Gasteiger partial charge in [0.25, 0.3) is 0 Å². The molecule has 0 saturated carbocycles. The Morgan fingerprint density at radius 1 is 1.37 bits per heavy atom. The molecule has 1 unspecified atom stereocenters. The molecule has 6 nitrogen and oxygen atoms in total. The van der Waals surface area contributed by atoms with Gasteiger partial charge in [-0.3, -0.25) is 0 Å². The van der Waals surface area contributed by atoms with Crippen molar-refractivity contribution in [2.45, 2.75) is 12.6 Å². The van der Waals surface area contributed by atoms with Crippen LogP contribution in [0, 0.1) is 0 Å². The van der Waals surface area contributed by atoms with Gasteiger partial charge in [-0.05, 0) is 5.56 Å². The maximum absolute atomic E-state index is 10.6. The number of rotatable bonds is 6. The second kappa shape index (κ2) is 6.12. The minimum atomic E-state index is -1.13. The molecule has 0 bridgehead atoms. The first-order valence-electron chi connectivity index (χ1n) is 5.79. The van der Waals surface area contributed by atoms with Crippen molar-refractivity contribution in [3.05, 3.63) is 53.4 Å². The minimum Gasteiger partial charge on any atom is -0.476 e. The van der Waals surface area contributed by atoms with Crippen molar-refractivity contribution in [2.75, 3.05) is 6.54 Å². The first-order chi connectivity index (χ1) is 9.16. The Bertz CT molecular complexity index is 539. The van der Waals surface area contributed by atoms with E-state index in [4.69, 9.17) is 9.63 Å². The summed E-state index contributed by atoms with van der Waals surface area (Å²) in [6, 6.07) is 10.6. The smallest absolute Gasteiger partial charge is 0.358 e. The molecule has 0 radical (unpaired) electrons. The number of carboxylic acid groups (broad SMARTS) is 1. The number of hydrogen-bond donors (Lipinski definition) is 3. The van der Waals surface area contributed by atoms with E-state index in [-0.39, 0.29) is 5.69 Å². The van der Waals surface area contributed by atoms with Gasteiger partial charge in [0.15, 0.2) is 11.5 Å². The lowest BCUT2D eigenvalue weighted by Crippen LogP contribution is -2.20. The van der Waals surface area contributed by atoms with Crippen molar-refractivity contribution in [2.24, 2.45) is 0 Å². The number of carbonyl (C=O) groups is 1. The highest BCUT2D eigenvalue weighted by molar-refractivity contribution is 5.85. The maximum Gasteiger partial charge on any atom is 0.358 e. The van der Waals surface area contributed by atoms with E-state index in [2.05, 4.69) is 10.5 Å². The van der Waals surface area contributed by atoms with Gasteiger partial charge >= 0.3 is 5.97 Å². The number of aliphatic hydroxyl groups is 1. The monoisotopic (exact) mass is 262 g/mol. The van der Waals surface area contributed by atoms with Crippen molar-refractivity contribution in [3.63, 3.8) is 0 Å². The molecule has 3 N–H and O–H groups in total. The summed E-state index contributed by atoms with van der Waals surface area (Å²) in [5, 5.41) is 24.9. The summed E-state index contributed by atoms with van der Waals surface area (Å²) in [5.74, 6) is -0.711. The van der Waals surface area contributed by atoms with Crippen molar-refractivity contribution in [1.29, 1.82) is 0 Å². The van der Waals surface area contributed by atoms with E-state index in [0.717, 1.165) is 5.56 Å². The van der Waals surface area contributed by atoms with Crippen molar-refractivity contribution >= 4 is 5.97 Å². The molecular weight excluding hydrogens is 248 g/mol. The summed E-state index contributed by atoms with van der Waals surface area (Å²) < 4.78 is 4.84. The normalized spacial score (nSPS) is 12.3. The standard InChI is InChI=1S/C13H14N2O4/c16-12(9-4-2-1-3-5-9)8-14-7-10-6-11(13(17)18)15-19-10/h1-6,12,14,16H,7-8H2,(H,17,18). The van der Waals surface area contributed by atoms with Crippen LogP contribution in [0.4, 0.5) is 0 Å². The molecule has 1 aromatic heterocycles. The largest absolute Gasteiger partial charge is 0.476 e. The molecule has 0 saturated heterocycles. The highest BCUT2D eigenvalue weighted by atomic mass is 16.5. The van der Waals surface area contributed by atoms with Crippen LogP contribution < -0.4 is 5.32 Å². The van der Waals surface area contributed by atoms with Gasteiger partial charge in [-0.1, -0.05) is 35.5 Å². The van der Waals surface area contributed by atoms with Gasteiger partial charge in [-0.15, -0.1) is 0 Å². The van der Waals surface area contributed by atoms with Crippen molar-refractivity contribution < 1.29 is 19.5 Å². The summed E-state index contributed by atoms with van der Waals surface area (Å²) in [5.41, 5.74) is 0.694. The quantitative estimate of drug-likeness (QED) is 0.724. The number of aromatic nitrogens is 1. The fourth-order valence-electron chi connectivity index (χ4n) is 1.62. The minimum absolute atomic E-state index is 0.125. The fraction of sp³-hybridized carbons (Fsp3) is 0.231. The van der Waals surface area contributed by atoms with E-state index in [9.17, 15) is 9.90 Å². The second-order valence-corrected chi connectivity index (χ2v) is 4.04. The van der Waals surface area contributed by atoms with Crippen LogP contribution in [0.3, 0.4) is 0 Å². The van der Waals surface area contributed by atoms with Gasteiger partial charge in [0, 0.05) is 12.6 Å². The van der Waals surface area contributed by atoms with Gasteiger partial charge < -0.3 is 20.1 Å². The number of nitrogens with zero attached hydrogens (tertiary/aromatic N) is 1. The molecular formula is C13H14N2O4. The zero-order valence-electron chi connectivity index (χ0n) is 10.1. The molecule has 0 fully saturated rings. The summed E-state index contributed by atoms with van der Waals surface area (Å²) in [4.78, 5) is 10.6. The van der Waals surface area contributed by atoms with Gasteiger partial charge in [0.1, 0.15) is 0 Å². The predicted molar refractivity (Wildman–Crippen MR) is 66.6 cm³/mol. The Morgan fingerprint density at radius 2 is 2.11 bits per heavy atom. The third-order valence-electron chi connectivity index (χ3n) is 2.60. The van der Waals surface area contributed by atoms with Gasteiger partial charge in [-0.2, -0.15) is 0 Å². The highest BCUT2D eigenvalue weighted by Gasteiger charge is 2.11. The average molecular weight is 262 g/mol. The van der Waals surface area contributed by atoms with E-state index in [0.29, 0.717) is 18.8 Å². The Morgan fingerprint density at radius 3 is 2.74 bits per heavy atom. The SMILES string of the molecule is O=C(O)c1cc(CNCC(O)c2ccccc2)on1. The predicted octanol–water partition coefficient (Wildman–Crippen LogP) is 1.20. The Balaban J connectivity index is 1.81. The lowest BCUT2D eigenvalue weighted by Gasteiger charge is -2.10. The van der Waals surface area contributed by atoms with Crippen molar-refractivity contribution in [3.8, 4) is 0 Å². The summed E-state index contributed by atoms with van der Waals surface area (Å²) in [6.07, 6.45) is -0.622. The van der Waals surface area contributed by atoms with Crippen LogP contribution in [0.25, 0.3) is 0 Å². The third-order valence-corrected chi connectivity index (χ3v) is 2.60. The van der Waals surface area contributed by atoms with Crippen LogP contribution in [0.15, 0.2) is 40.9 Å². The van der Waals surface area contributed by atoms with Crippen LogP contribution in [-0.2, 0) is 6.54 Å². The number of nitrogens with one attached hydrogen (secondary N) is 1. The highest BCUT2D eigenvalue weighted by Crippen LogP contribution is 2.11. The molecule has 0 aliphatic heterocycles. The van der Waals surface area contributed by atoms with Gasteiger partial charge in [-0.25, -0.2) is 4.79 Å². The first-order valence-corrected chi connectivity index (χ1v) is 5.79. The summed E-state index contributed by atoms with van der Waals surface area (Å²) in [7, 11) is 0. The molecule has 19 heavy (non-hydrogen) atoms. The van der Waals surface area contributed by atoms with E-state index in [1.165, 1.54) is 6.07 Å². The first kappa shape index (κ1) is 13.3. The lowest BCUT2D eigenvalue weighted by molar-refractivity contribution is 0.0685. The number of hydrogen-bond acceptors (Lipinski definition) is 5. The van der Waals surface area contributed by atoms with Crippen LogP contribution in [0.5, 0.6) is 0 Å². The lowest BCUT2D eigenvalue weighted by atomic mass is 10.1. The Hall–Kier alpha value is -2.18. The molecule has 1 aromatic carbocycles. The molecule has 100 valence electrons. The molecule has 0 aliphatic carbocycles. The molecule has 6 heteroatoms. The van der Waals surface area contributed by atoms with E-state index in [1.54, 1.807) is 0 Å². The van der Waals surface area contributed by atoms with Gasteiger partial charge in [0.05, 0.1) is 12.6 Å². The molecule has 1 atom stereocenters. The number of benzene rings is 1. The second-order valence-electron chi connectivity index (χ2n) is 4.04. The molecule has 0 aliphatic rings. The van der Waals surface area contributed by atoms with E-state index < -0.39 is 12.1 Å². The average Bonchev–Trinajstić information content (AvgIpc) is 2.89. The number of aromatic carboxylic acids is 1. The zero-order valence-corrected chi connectivity index (χ0v) is 10.1. The Labute approximate surface area is 109 Å². The van der Waals surface area contributed by atoms with E-state index >= 15 is 0 Å². The summed E-state index contributed by atoms with van der Waals surface area (Å²) >= 11 is 0. The van der Waals surface area contributed by atoms with E-state index in [1.807, 2.05) is 30.3 Å². The summed E-state index contributed by atoms with van der Waals surface area (Å²) in [6.45, 7) is 0.650. The Kier molecular flexibility index (Phi) is 4.27. The fourth-order valence-corrected chi connectivity index (χ4v) is 1.62. The van der Waals surface area contributed by atoms with Gasteiger partial charge in [0.2, 0.25) is 0 Å². The van der Waals surface area contributed by atoms with Crippen LogP contribution in [-0.4, -0.2) is 27.9 Å². The third kappa shape index (κ3) is 3.64. The number of aliphatic hydroxyl groups excluding tert-OH is 1. The molecule has 2 rings (SSSR count). The van der Waals surface area contributed by atoms with Crippen molar-refractivity contribution in [1.82, 2.24) is 10.5 Å². The van der Waals surface area contributed by atoms with Crippen LogP contribution in [0.2, 0.25) is 0 Å². The maximum atomic E-state index is 10.6. The molecule has 0 spiro atoms. The zero-order chi connectivity index (χ0) is 13.7. The number of carboxylic acids is 1. The molecule has 2 aromatic rings. The molecule has 1 heterocycles. The van der Waals surface area contributed by atoms with Crippen LogP contribution in [0.1, 0.15) is 27.9 Å². The molecule has 0 amide bonds.